The quantitative estimate of drug-likeness (QED) is 0.608. The van der Waals surface area contributed by atoms with Gasteiger partial charge in [-0.15, -0.1) is 0 Å². The molecule has 1 aliphatic heterocycles. The monoisotopic (exact) mass is 405 g/mol. The molecule has 1 heterocycles. The minimum Gasteiger partial charge on any atom is -0.479 e. The Morgan fingerprint density at radius 3 is 2.03 bits per heavy atom. The standard InChI is InChI=1S/C17H18FN.C4H6O6/c1-19-11-14-9-5-6-10-15(14)17(16(18)12-19)13-7-3-2-4-8-13;5-1(3(7)8)2(6)4(9)10/h2-10,16-17H,11-12H2,1H3;1-2,5-6H,(H,7,8)(H,9,10)/t16-,17-;1-,2-/m11/s1. The van der Waals surface area contributed by atoms with Gasteiger partial charge in [0.2, 0.25) is 0 Å². The minimum absolute atomic E-state index is 0.151. The summed E-state index contributed by atoms with van der Waals surface area (Å²) in [5.41, 5.74) is 3.43. The lowest BCUT2D eigenvalue weighted by atomic mass is 9.85. The summed E-state index contributed by atoms with van der Waals surface area (Å²) in [4.78, 5) is 21.6. The Kier molecular flexibility index (Phi) is 7.83. The number of aliphatic hydroxyl groups is 2. The van der Waals surface area contributed by atoms with Gasteiger partial charge in [-0.3, -0.25) is 4.90 Å². The van der Waals surface area contributed by atoms with Gasteiger partial charge in [-0.2, -0.15) is 0 Å². The zero-order chi connectivity index (χ0) is 21.6. The highest BCUT2D eigenvalue weighted by Crippen LogP contribution is 2.35. The van der Waals surface area contributed by atoms with Crippen molar-refractivity contribution in [3.63, 3.8) is 0 Å². The molecule has 0 spiro atoms. The van der Waals surface area contributed by atoms with Crippen LogP contribution in [0.1, 0.15) is 22.6 Å². The molecule has 0 saturated heterocycles. The molecule has 0 amide bonds. The van der Waals surface area contributed by atoms with Crippen LogP contribution in [0.5, 0.6) is 0 Å². The maximum atomic E-state index is 14.7. The Balaban J connectivity index is 0.000000257. The number of hydrogen-bond acceptors (Lipinski definition) is 5. The van der Waals surface area contributed by atoms with Gasteiger partial charge in [0.25, 0.3) is 0 Å². The molecule has 4 N–H and O–H groups in total. The number of aliphatic carboxylic acids is 2. The smallest absolute Gasteiger partial charge is 0.335 e. The fourth-order valence-corrected chi connectivity index (χ4v) is 3.25. The van der Waals surface area contributed by atoms with Crippen LogP contribution in [-0.4, -0.2) is 69.2 Å². The second-order valence-electron chi connectivity index (χ2n) is 6.87. The van der Waals surface area contributed by atoms with E-state index in [9.17, 15) is 14.0 Å². The summed E-state index contributed by atoms with van der Waals surface area (Å²) >= 11 is 0. The zero-order valence-corrected chi connectivity index (χ0v) is 15.9. The third-order valence-corrected chi connectivity index (χ3v) is 4.64. The van der Waals surface area contributed by atoms with E-state index in [-0.39, 0.29) is 5.92 Å². The van der Waals surface area contributed by atoms with Crippen molar-refractivity contribution in [3.8, 4) is 0 Å². The molecule has 0 aromatic heterocycles. The Bertz CT molecular complexity index is 813. The average Bonchev–Trinajstić information content (AvgIpc) is 2.81. The Labute approximate surface area is 167 Å². The lowest BCUT2D eigenvalue weighted by Gasteiger charge is -2.22. The average molecular weight is 405 g/mol. The SMILES string of the molecule is CN1Cc2ccccc2[C@@H](c2ccccc2)[C@H](F)C1.O=C(O)[C@H](O)[C@@H](O)C(=O)O. The van der Waals surface area contributed by atoms with Crippen molar-refractivity contribution in [2.24, 2.45) is 0 Å². The normalized spacial score (nSPS) is 21.0. The van der Waals surface area contributed by atoms with E-state index in [1.54, 1.807) is 0 Å². The van der Waals surface area contributed by atoms with Crippen LogP contribution in [0.3, 0.4) is 0 Å². The molecule has 8 heteroatoms. The maximum absolute atomic E-state index is 14.7. The number of aliphatic hydroxyl groups excluding tert-OH is 2. The van der Waals surface area contributed by atoms with Crippen LogP contribution >= 0.6 is 0 Å². The second-order valence-corrected chi connectivity index (χ2v) is 6.87. The van der Waals surface area contributed by atoms with Gasteiger partial charge in [0, 0.05) is 19.0 Å². The number of nitrogens with zero attached hydrogens (tertiary/aromatic N) is 1. The van der Waals surface area contributed by atoms with E-state index in [0.29, 0.717) is 6.54 Å². The molecule has 156 valence electrons. The third kappa shape index (κ3) is 5.83. The van der Waals surface area contributed by atoms with Crippen LogP contribution in [0, 0.1) is 0 Å². The fourth-order valence-electron chi connectivity index (χ4n) is 3.25. The van der Waals surface area contributed by atoms with Gasteiger partial charge in [0.15, 0.2) is 12.2 Å². The number of hydrogen-bond donors (Lipinski definition) is 4. The number of carboxylic acid groups (broad SMARTS) is 2. The highest BCUT2D eigenvalue weighted by molar-refractivity contribution is 5.83. The molecule has 0 saturated carbocycles. The van der Waals surface area contributed by atoms with Gasteiger partial charge in [-0.1, -0.05) is 54.6 Å². The number of halogens is 1. The van der Waals surface area contributed by atoms with Crippen LogP contribution in [0.25, 0.3) is 0 Å². The first-order chi connectivity index (χ1) is 13.7. The van der Waals surface area contributed by atoms with Crippen molar-refractivity contribution >= 4 is 11.9 Å². The van der Waals surface area contributed by atoms with E-state index in [2.05, 4.69) is 17.0 Å². The van der Waals surface area contributed by atoms with Gasteiger partial charge in [0.05, 0.1) is 0 Å². The number of benzene rings is 2. The first-order valence-corrected chi connectivity index (χ1v) is 8.99. The summed E-state index contributed by atoms with van der Waals surface area (Å²) in [6, 6.07) is 18.2. The Morgan fingerprint density at radius 2 is 1.48 bits per heavy atom. The number of carboxylic acids is 2. The molecule has 4 atom stereocenters. The fraction of sp³-hybridized carbons (Fsp3) is 0.333. The predicted molar refractivity (Wildman–Crippen MR) is 103 cm³/mol. The molecule has 0 bridgehead atoms. The molecule has 7 nitrogen and oxygen atoms in total. The lowest BCUT2D eigenvalue weighted by molar-refractivity contribution is -0.165. The van der Waals surface area contributed by atoms with Crippen LogP contribution < -0.4 is 0 Å². The predicted octanol–water partition coefficient (Wildman–Crippen LogP) is 1.48. The first kappa shape index (κ1) is 22.5. The summed E-state index contributed by atoms with van der Waals surface area (Å²) in [5, 5.41) is 32.5. The molecular weight excluding hydrogens is 381 g/mol. The van der Waals surface area contributed by atoms with Crippen molar-refractivity contribution in [2.75, 3.05) is 13.6 Å². The van der Waals surface area contributed by atoms with Crippen molar-refractivity contribution < 1.29 is 34.4 Å². The van der Waals surface area contributed by atoms with Crippen LogP contribution in [-0.2, 0) is 16.1 Å². The van der Waals surface area contributed by atoms with Gasteiger partial charge in [0.1, 0.15) is 6.17 Å². The highest BCUT2D eigenvalue weighted by atomic mass is 19.1. The van der Waals surface area contributed by atoms with Crippen molar-refractivity contribution in [1.29, 1.82) is 0 Å². The minimum atomic E-state index is -2.27. The number of fused-ring (bicyclic) bond motifs is 1. The third-order valence-electron chi connectivity index (χ3n) is 4.64. The van der Waals surface area contributed by atoms with Gasteiger partial charge in [-0.05, 0) is 23.7 Å². The van der Waals surface area contributed by atoms with Gasteiger partial charge in [-0.25, -0.2) is 14.0 Å². The molecule has 1 aliphatic rings. The van der Waals surface area contributed by atoms with Crippen LogP contribution in [0.2, 0.25) is 0 Å². The van der Waals surface area contributed by atoms with Crippen molar-refractivity contribution in [2.45, 2.75) is 30.8 Å². The first-order valence-electron chi connectivity index (χ1n) is 8.99. The van der Waals surface area contributed by atoms with E-state index in [1.807, 2.05) is 49.5 Å². The molecular formula is C21H24FNO6. The second kappa shape index (κ2) is 10.1. The summed E-state index contributed by atoms with van der Waals surface area (Å²) in [6.45, 7) is 1.30. The van der Waals surface area contributed by atoms with E-state index in [4.69, 9.17) is 20.4 Å². The molecule has 29 heavy (non-hydrogen) atoms. The van der Waals surface area contributed by atoms with Crippen molar-refractivity contribution in [3.05, 3.63) is 71.3 Å². The summed E-state index contributed by atoms with van der Waals surface area (Å²) < 4.78 is 14.7. The van der Waals surface area contributed by atoms with E-state index in [0.717, 1.165) is 17.7 Å². The molecule has 0 aliphatic carbocycles. The molecule has 0 radical (unpaired) electrons. The van der Waals surface area contributed by atoms with E-state index in [1.165, 1.54) is 5.56 Å². The number of alkyl halides is 1. The van der Waals surface area contributed by atoms with Gasteiger partial charge < -0.3 is 20.4 Å². The van der Waals surface area contributed by atoms with Crippen LogP contribution in [0.15, 0.2) is 54.6 Å². The summed E-state index contributed by atoms with van der Waals surface area (Å²) in [5.74, 6) is -3.69. The Hall–Kier alpha value is -2.81. The van der Waals surface area contributed by atoms with E-state index < -0.39 is 30.3 Å². The molecule has 0 fully saturated rings. The molecule has 2 aromatic rings. The summed E-state index contributed by atoms with van der Waals surface area (Å²) in [7, 11) is 1.98. The maximum Gasteiger partial charge on any atom is 0.335 e. The van der Waals surface area contributed by atoms with Gasteiger partial charge >= 0.3 is 11.9 Å². The Morgan fingerprint density at radius 1 is 0.966 bits per heavy atom. The highest BCUT2D eigenvalue weighted by Gasteiger charge is 2.31. The number of carbonyl (C=O) groups is 2. The molecule has 2 aromatic carbocycles. The zero-order valence-electron chi connectivity index (χ0n) is 15.9. The van der Waals surface area contributed by atoms with Crippen molar-refractivity contribution in [1.82, 2.24) is 4.90 Å². The number of rotatable bonds is 4. The molecule has 0 unspecified atom stereocenters. The van der Waals surface area contributed by atoms with E-state index >= 15 is 0 Å². The molecule has 3 rings (SSSR count). The topological polar surface area (TPSA) is 118 Å². The lowest BCUT2D eigenvalue weighted by Crippen LogP contribution is -2.39. The largest absolute Gasteiger partial charge is 0.479 e. The summed E-state index contributed by atoms with van der Waals surface area (Å²) in [6.07, 6.45) is -5.40. The van der Waals surface area contributed by atoms with Crippen LogP contribution in [0.4, 0.5) is 4.39 Å².